The van der Waals surface area contributed by atoms with Crippen LogP contribution in [0.25, 0.3) is 0 Å². The van der Waals surface area contributed by atoms with E-state index in [0.29, 0.717) is 5.71 Å². The molecule has 102 valence electrons. The number of nitriles is 1. The second kappa shape index (κ2) is 5.39. The number of nitrogens with zero attached hydrogens (tertiary/aromatic N) is 3. The van der Waals surface area contributed by atoms with Gasteiger partial charge in [-0.25, -0.2) is 19.5 Å². The van der Waals surface area contributed by atoms with Crippen LogP contribution in [0.5, 0.6) is 0 Å². The first-order chi connectivity index (χ1) is 9.06. The van der Waals surface area contributed by atoms with Gasteiger partial charge >= 0.3 is 12.1 Å². The van der Waals surface area contributed by atoms with E-state index in [9.17, 15) is 20.0 Å². The van der Waals surface area contributed by atoms with E-state index < -0.39 is 24.1 Å². The maximum Gasteiger partial charge on any atom is 0.415 e. The Morgan fingerprint density at radius 2 is 2.05 bits per heavy atom. The van der Waals surface area contributed by atoms with E-state index in [1.54, 1.807) is 6.92 Å². The lowest BCUT2D eigenvalue weighted by Gasteiger charge is -2.39. The van der Waals surface area contributed by atoms with Crippen molar-refractivity contribution < 1.29 is 14.7 Å². The van der Waals surface area contributed by atoms with Gasteiger partial charge in [-0.15, -0.1) is 0 Å². The fourth-order valence-electron chi connectivity index (χ4n) is 3.14. The third-order valence-corrected chi connectivity index (χ3v) is 4.05. The summed E-state index contributed by atoms with van der Waals surface area (Å²) in [4.78, 5) is 27.6. The Bertz CT molecular complexity index is 460. The van der Waals surface area contributed by atoms with E-state index in [1.807, 2.05) is 0 Å². The summed E-state index contributed by atoms with van der Waals surface area (Å²) >= 11 is 0. The number of carbonyl (C=O) groups excluding carboxylic acids is 1. The average Bonchev–Trinajstić information content (AvgIpc) is 2.38. The second-order valence-electron chi connectivity index (χ2n) is 5.18. The smallest absolute Gasteiger partial charge is 0.415 e. The predicted molar refractivity (Wildman–Crippen MR) is 67.8 cm³/mol. The number of rotatable bonds is 1. The molecule has 1 heterocycles. The highest BCUT2D eigenvalue weighted by molar-refractivity contribution is 6.04. The lowest BCUT2D eigenvalue weighted by molar-refractivity contribution is 0.100. The first-order valence-electron chi connectivity index (χ1n) is 6.57. The monoisotopic (exact) mass is 263 g/mol. The van der Waals surface area contributed by atoms with Gasteiger partial charge in [-0.1, -0.05) is 19.3 Å². The molecule has 2 atom stereocenters. The molecule has 2 rings (SSSR count). The number of carbonyl (C=O) groups is 2. The van der Waals surface area contributed by atoms with Gasteiger partial charge in [0.25, 0.3) is 0 Å². The number of amides is 3. The van der Waals surface area contributed by atoms with Crippen molar-refractivity contribution in [2.24, 2.45) is 16.8 Å². The van der Waals surface area contributed by atoms with E-state index in [2.05, 4.69) is 11.1 Å². The maximum atomic E-state index is 11.8. The highest BCUT2D eigenvalue weighted by Crippen LogP contribution is 2.35. The molecule has 3 amide bonds. The first-order valence-corrected chi connectivity index (χ1v) is 6.57. The minimum Gasteiger partial charge on any atom is -0.465 e. The van der Waals surface area contributed by atoms with Gasteiger partial charge in [-0.3, -0.25) is 0 Å². The van der Waals surface area contributed by atoms with Crippen molar-refractivity contribution in [2.75, 3.05) is 0 Å². The third-order valence-electron chi connectivity index (χ3n) is 4.05. The number of urea groups is 1. The molecule has 0 spiro atoms. The summed E-state index contributed by atoms with van der Waals surface area (Å²) in [5.74, 6) is -0.541. The first kappa shape index (κ1) is 13.5. The van der Waals surface area contributed by atoms with Crippen LogP contribution in [0.3, 0.4) is 0 Å². The zero-order valence-electron chi connectivity index (χ0n) is 10.9. The standard InChI is InChI=1S/C13H17N3O3/c1-8-10(7-14)11(9-5-3-2-4-6-9)16(13(18)19)12(17)15-8/h9-11H,2-6H2,1H3,(H,18,19). The van der Waals surface area contributed by atoms with E-state index in [4.69, 9.17) is 0 Å². The van der Waals surface area contributed by atoms with Crippen molar-refractivity contribution >= 4 is 17.8 Å². The summed E-state index contributed by atoms with van der Waals surface area (Å²) in [7, 11) is 0. The minimum atomic E-state index is -1.31. The summed E-state index contributed by atoms with van der Waals surface area (Å²) in [6.07, 6.45) is 3.61. The molecule has 1 N–H and O–H groups in total. The van der Waals surface area contributed by atoms with E-state index in [-0.39, 0.29) is 5.92 Å². The molecule has 2 unspecified atom stereocenters. The predicted octanol–water partition coefficient (Wildman–Crippen LogP) is 2.65. The Morgan fingerprint density at radius 1 is 1.42 bits per heavy atom. The van der Waals surface area contributed by atoms with Crippen LogP contribution >= 0.6 is 0 Å². The van der Waals surface area contributed by atoms with Crippen molar-refractivity contribution in [3.8, 4) is 6.07 Å². The summed E-state index contributed by atoms with van der Waals surface area (Å²) in [5, 5.41) is 18.5. The molecule has 0 bridgehead atoms. The Labute approximate surface area is 111 Å². The number of imide groups is 1. The van der Waals surface area contributed by atoms with Gasteiger partial charge < -0.3 is 5.11 Å². The molecule has 0 aromatic heterocycles. The van der Waals surface area contributed by atoms with Gasteiger partial charge in [0.1, 0.15) is 5.92 Å². The molecule has 1 saturated carbocycles. The van der Waals surface area contributed by atoms with Crippen molar-refractivity contribution in [3.05, 3.63) is 0 Å². The molecular formula is C13H17N3O3. The van der Waals surface area contributed by atoms with Crippen LogP contribution in [0.15, 0.2) is 4.99 Å². The van der Waals surface area contributed by atoms with Crippen LogP contribution in [0.1, 0.15) is 39.0 Å². The van der Waals surface area contributed by atoms with Gasteiger partial charge in [0.2, 0.25) is 0 Å². The summed E-state index contributed by atoms with van der Waals surface area (Å²) in [5.41, 5.74) is 0.431. The highest BCUT2D eigenvalue weighted by Gasteiger charge is 2.45. The zero-order valence-corrected chi connectivity index (χ0v) is 10.9. The molecule has 0 radical (unpaired) electrons. The van der Waals surface area contributed by atoms with Crippen molar-refractivity contribution in [1.82, 2.24) is 4.90 Å². The van der Waals surface area contributed by atoms with Gasteiger partial charge in [0.05, 0.1) is 12.1 Å². The second-order valence-corrected chi connectivity index (χ2v) is 5.18. The van der Waals surface area contributed by atoms with Crippen molar-refractivity contribution in [1.29, 1.82) is 5.26 Å². The number of carboxylic acid groups (broad SMARTS) is 1. The van der Waals surface area contributed by atoms with Crippen LogP contribution in [0.2, 0.25) is 0 Å². The fraction of sp³-hybridized carbons (Fsp3) is 0.692. The highest BCUT2D eigenvalue weighted by atomic mass is 16.4. The van der Waals surface area contributed by atoms with Crippen LogP contribution in [-0.4, -0.2) is 33.9 Å². The van der Waals surface area contributed by atoms with E-state index in [0.717, 1.165) is 37.0 Å². The lowest BCUT2D eigenvalue weighted by atomic mass is 9.76. The van der Waals surface area contributed by atoms with Crippen LogP contribution < -0.4 is 0 Å². The maximum absolute atomic E-state index is 11.8. The molecule has 0 saturated heterocycles. The molecule has 1 fully saturated rings. The molecule has 19 heavy (non-hydrogen) atoms. The molecule has 0 aromatic rings. The molecule has 6 nitrogen and oxygen atoms in total. The fourth-order valence-corrected chi connectivity index (χ4v) is 3.14. The summed E-state index contributed by atoms with van der Waals surface area (Å²) in [6.45, 7) is 1.63. The topological polar surface area (TPSA) is 93.8 Å². The van der Waals surface area contributed by atoms with E-state index in [1.165, 1.54) is 0 Å². The summed E-state index contributed by atoms with van der Waals surface area (Å²) in [6, 6.07) is 0.785. The van der Waals surface area contributed by atoms with Gasteiger partial charge in [0.15, 0.2) is 0 Å². The minimum absolute atomic E-state index is 0.0731. The molecule has 1 aliphatic heterocycles. The molecule has 6 heteroatoms. The van der Waals surface area contributed by atoms with Crippen LogP contribution in [-0.2, 0) is 0 Å². The Hall–Kier alpha value is -1.90. The third kappa shape index (κ3) is 2.46. The number of hydrogen-bond acceptors (Lipinski definition) is 3. The van der Waals surface area contributed by atoms with Crippen molar-refractivity contribution in [3.63, 3.8) is 0 Å². The van der Waals surface area contributed by atoms with Gasteiger partial charge in [-0.05, 0) is 25.7 Å². The number of aliphatic imine (C=N–C) groups is 1. The van der Waals surface area contributed by atoms with Gasteiger partial charge in [0, 0.05) is 5.71 Å². The van der Waals surface area contributed by atoms with Crippen molar-refractivity contribution in [2.45, 2.75) is 45.1 Å². The Morgan fingerprint density at radius 3 is 2.58 bits per heavy atom. The zero-order chi connectivity index (χ0) is 14.0. The largest absolute Gasteiger partial charge is 0.465 e. The molecule has 1 aliphatic carbocycles. The Balaban J connectivity index is 2.37. The average molecular weight is 263 g/mol. The van der Waals surface area contributed by atoms with E-state index >= 15 is 0 Å². The lowest BCUT2D eigenvalue weighted by Crippen LogP contribution is -2.55. The molecule has 2 aliphatic rings. The molecule has 0 aromatic carbocycles. The van der Waals surface area contributed by atoms with Gasteiger partial charge in [-0.2, -0.15) is 5.26 Å². The number of hydrogen-bond donors (Lipinski definition) is 1. The van der Waals surface area contributed by atoms with Crippen LogP contribution in [0.4, 0.5) is 9.59 Å². The normalized spacial score (nSPS) is 28.7. The Kier molecular flexibility index (Phi) is 3.84. The SMILES string of the molecule is CC1=NC(=O)N(C(=O)O)C(C2CCCCC2)C1C#N. The molecular weight excluding hydrogens is 246 g/mol. The summed E-state index contributed by atoms with van der Waals surface area (Å²) < 4.78 is 0. The van der Waals surface area contributed by atoms with Crippen LogP contribution in [0, 0.1) is 23.2 Å². The quantitative estimate of drug-likeness (QED) is 0.786.